The van der Waals surface area contributed by atoms with E-state index in [-0.39, 0.29) is 18.4 Å². The first-order valence-electron chi connectivity index (χ1n) is 5.51. The summed E-state index contributed by atoms with van der Waals surface area (Å²) in [6, 6.07) is -0.579. The van der Waals surface area contributed by atoms with Crippen LogP contribution in [0.3, 0.4) is 0 Å². The Morgan fingerprint density at radius 2 is 2.19 bits per heavy atom. The van der Waals surface area contributed by atoms with Crippen LogP contribution >= 0.6 is 0 Å². The van der Waals surface area contributed by atoms with E-state index in [9.17, 15) is 9.59 Å². The van der Waals surface area contributed by atoms with Gasteiger partial charge >= 0.3 is 5.97 Å². The van der Waals surface area contributed by atoms with Crippen LogP contribution < -0.4 is 0 Å². The monoisotopic (exact) mass is 229 g/mol. The summed E-state index contributed by atoms with van der Waals surface area (Å²) in [5.41, 5.74) is 0. The molecule has 0 spiro atoms. The summed E-state index contributed by atoms with van der Waals surface area (Å²) in [6.45, 7) is 5.14. The first-order valence-corrected chi connectivity index (χ1v) is 5.51. The van der Waals surface area contributed by atoms with Crippen molar-refractivity contribution < 1.29 is 19.1 Å². The van der Waals surface area contributed by atoms with E-state index < -0.39 is 12.0 Å². The standard InChI is InChI=1S/C11H19NO4/c1-8(2)6-10(13)12-4-5-16-7-9(12)11(14)15-3/h8-9H,4-7H2,1-3H3. The number of carbonyl (C=O) groups excluding carboxylic acids is 2. The molecule has 0 saturated carbocycles. The van der Waals surface area contributed by atoms with Gasteiger partial charge in [-0.1, -0.05) is 13.8 Å². The summed E-state index contributed by atoms with van der Waals surface area (Å²) in [5.74, 6) is -0.126. The van der Waals surface area contributed by atoms with E-state index in [2.05, 4.69) is 4.74 Å². The zero-order chi connectivity index (χ0) is 12.1. The van der Waals surface area contributed by atoms with Crippen LogP contribution in [0, 0.1) is 5.92 Å². The van der Waals surface area contributed by atoms with Gasteiger partial charge < -0.3 is 14.4 Å². The number of methoxy groups -OCH3 is 1. The van der Waals surface area contributed by atoms with Crippen LogP contribution in [0.15, 0.2) is 0 Å². The molecule has 0 N–H and O–H groups in total. The van der Waals surface area contributed by atoms with Crippen LogP contribution in [-0.2, 0) is 19.1 Å². The molecule has 5 nitrogen and oxygen atoms in total. The number of morpholine rings is 1. The minimum atomic E-state index is -0.579. The first kappa shape index (κ1) is 13.0. The van der Waals surface area contributed by atoms with Gasteiger partial charge in [0.05, 0.1) is 20.3 Å². The maximum atomic E-state index is 11.9. The number of hydrogen-bond acceptors (Lipinski definition) is 4. The topological polar surface area (TPSA) is 55.8 Å². The zero-order valence-corrected chi connectivity index (χ0v) is 10.1. The van der Waals surface area contributed by atoms with Gasteiger partial charge in [0, 0.05) is 13.0 Å². The molecular weight excluding hydrogens is 210 g/mol. The predicted octanol–water partition coefficient (Wildman–Crippen LogP) is 0.433. The highest BCUT2D eigenvalue weighted by Gasteiger charge is 2.33. The number of ether oxygens (including phenoxy) is 2. The zero-order valence-electron chi connectivity index (χ0n) is 10.1. The number of nitrogens with zero attached hydrogens (tertiary/aromatic N) is 1. The molecule has 92 valence electrons. The molecule has 1 heterocycles. The summed E-state index contributed by atoms with van der Waals surface area (Å²) in [5, 5.41) is 0. The Hall–Kier alpha value is -1.10. The summed E-state index contributed by atoms with van der Waals surface area (Å²) < 4.78 is 9.86. The van der Waals surface area contributed by atoms with Crippen molar-refractivity contribution in [3.63, 3.8) is 0 Å². The van der Waals surface area contributed by atoms with E-state index in [0.29, 0.717) is 19.6 Å². The van der Waals surface area contributed by atoms with E-state index in [0.717, 1.165) is 0 Å². The van der Waals surface area contributed by atoms with Crippen molar-refractivity contribution in [3.05, 3.63) is 0 Å². The van der Waals surface area contributed by atoms with E-state index >= 15 is 0 Å². The Morgan fingerprint density at radius 1 is 1.50 bits per heavy atom. The number of rotatable bonds is 3. The van der Waals surface area contributed by atoms with E-state index in [1.165, 1.54) is 7.11 Å². The van der Waals surface area contributed by atoms with Gasteiger partial charge in [-0.3, -0.25) is 4.79 Å². The summed E-state index contributed by atoms with van der Waals surface area (Å²) in [6.07, 6.45) is 0.452. The fourth-order valence-electron chi connectivity index (χ4n) is 1.70. The lowest BCUT2D eigenvalue weighted by atomic mass is 10.1. The van der Waals surface area contributed by atoms with Gasteiger partial charge in [0.15, 0.2) is 6.04 Å². The van der Waals surface area contributed by atoms with E-state index in [1.54, 1.807) is 4.90 Å². The normalized spacial score (nSPS) is 21.0. The molecule has 1 fully saturated rings. The summed E-state index contributed by atoms with van der Waals surface area (Å²) >= 11 is 0. The molecule has 1 amide bonds. The maximum Gasteiger partial charge on any atom is 0.331 e. The first-order chi connectivity index (χ1) is 7.56. The van der Waals surface area contributed by atoms with Crippen molar-refractivity contribution in [3.8, 4) is 0 Å². The van der Waals surface area contributed by atoms with Gasteiger partial charge in [0.2, 0.25) is 5.91 Å². The molecule has 0 aromatic heterocycles. The molecule has 1 aliphatic heterocycles. The molecular formula is C11H19NO4. The van der Waals surface area contributed by atoms with Gasteiger partial charge in [-0.2, -0.15) is 0 Å². The van der Waals surface area contributed by atoms with Gasteiger partial charge in [-0.15, -0.1) is 0 Å². The van der Waals surface area contributed by atoms with E-state index in [4.69, 9.17) is 4.74 Å². The SMILES string of the molecule is COC(=O)C1COCCN1C(=O)CC(C)C. The minimum Gasteiger partial charge on any atom is -0.467 e. The van der Waals surface area contributed by atoms with Crippen LogP contribution in [-0.4, -0.2) is 49.7 Å². The highest BCUT2D eigenvalue weighted by molar-refractivity contribution is 5.84. The summed E-state index contributed by atoms with van der Waals surface area (Å²) in [4.78, 5) is 24.9. The molecule has 0 aromatic carbocycles. The van der Waals surface area contributed by atoms with Crippen molar-refractivity contribution in [1.82, 2.24) is 4.90 Å². The Bertz CT molecular complexity index is 265. The van der Waals surface area contributed by atoms with Crippen LogP contribution in [0.4, 0.5) is 0 Å². The smallest absolute Gasteiger partial charge is 0.331 e. The average Bonchev–Trinajstić information content (AvgIpc) is 2.27. The second-order valence-electron chi connectivity index (χ2n) is 4.30. The van der Waals surface area contributed by atoms with Gasteiger partial charge in [0.25, 0.3) is 0 Å². The fourth-order valence-corrected chi connectivity index (χ4v) is 1.70. The second kappa shape index (κ2) is 5.84. The van der Waals surface area contributed by atoms with Crippen molar-refractivity contribution >= 4 is 11.9 Å². The van der Waals surface area contributed by atoms with Gasteiger partial charge in [-0.25, -0.2) is 4.79 Å². The Balaban J connectivity index is 2.66. The molecule has 1 atom stereocenters. The quantitative estimate of drug-likeness (QED) is 0.659. The average molecular weight is 229 g/mol. The lowest BCUT2D eigenvalue weighted by Crippen LogP contribution is -2.53. The largest absolute Gasteiger partial charge is 0.467 e. The predicted molar refractivity (Wildman–Crippen MR) is 57.8 cm³/mol. The Morgan fingerprint density at radius 3 is 2.75 bits per heavy atom. The molecule has 1 unspecified atom stereocenters. The molecule has 0 bridgehead atoms. The lowest BCUT2D eigenvalue weighted by molar-refractivity contribution is -0.161. The van der Waals surface area contributed by atoms with Crippen molar-refractivity contribution in [1.29, 1.82) is 0 Å². The summed E-state index contributed by atoms with van der Waals surface area (Å²) in [7, 11) is 1.32. The maximum absolute atomic E-state index is 11.9. The van der Waals surface area contributed by atoms with Crippen LogP contribution in [0.5, 0.6) is 0 Å². The van der Waals surface area contributed by atoms with Gasteiger partial charge in [-0.05, 0) is 5.92 Å². The van der Waals surface area contributed by atoms with Crippen LogP contribution in [0.25, 0.3) is 0 Å². The number of carbonyl (C=O) groups is 2. The molecule has 0 aromatic rings. The lowest BCUT2D eigenvalue weighted by Gasteiger charge is -2.34. The fraction of sp³-hybridized carbons (Fsp3) is 0.818. The van der Waals surface area contributed by atoms with Gasteiger partial charge in [0.1, 0.15) is 0 Å². The number of amides is 1. The van der Waals surface area contributed by atoms with Crippen molar-refractivity contribution in [2.45, 2.75) is 26.3 Å². The number of hydrogen-bond donors (Lipinski definition) is 0. The Labute approximate surface area is 95.7 Å². The second-order valence-corrected chi connectivity index (χ2v) is 4.30. The van der Waals surface area contributed by atoms with Crippen molar-refractivity contribution in [2.75, 3.05) is 26.9 Å². The highest BCUT2D eigenvalue weighted by atomic mass is 16.5. The molecule has 5 heteroatoms. The molecule has 1 rings (SSSR count). The minimum absolute atomic E-state index is 0.00583. The van der Waals surface area contributed by atoms with Crippen LogP contribution in [0.1, 0.15) is 20.3 Å². The van der Waals surface area contributed by atoms with Crippen molar-refractivity contribution in [2.24, 2.45) is 5.92 Å². The third kappa shape index (κ3) is 3.20. The third-order valence-corrected chi connectivity index (χ3v) is 2.50. The van der Waals surface area contributed by atoms with E-state index in [1.807, 2.05) is 13.8 Å². The third-order valence-electron chi connectivity index (χ3n) is 2.50. The molecule has 1 saturated heterocycles. The molecule has 1 aliphatic rings. The number of esters is 1. The molecule has 0 radical (unpaired) electrons. The Kier molecular flexibility index (Phi) is 4.73. The van der Waals surface area contributed by atoms with Crippen LogP contribution in [0.2, 0.25) is 0 Å². The molecule has 0 aliphatic carbocycles. The molecule has 16 heavy (non-hydrogen) atoms. The highest BCUT2D eigenvalue weighted by Crippen LogP contribution is 2.13.